The molecule has 1 radical (unpaired) electrons. The van der Waals surface area contributed by atoms with Gasteiger partial charge in [-0.1, -0.05) is 201 Å². The van der Waals surface area contributed by atoms with Crippen LogP contribution in [0.15, 0.2) is 231 Å². The number of rotatable bonds is 6. The first-order valence-electron chi connectivity index (χ1n) is 24.4. The Balaban J connectivity index is 0.000000160. The molecular weight excluding hydrogens is 907 g/mol. The molecule has 13 aromatic rings. The largest absolute Gasteiger partial charge is 0.256 e. The molecule has 6 nitrogen and oxygen atoms in total. The van der Waals surface area contributed by atoms with Gasteiger partial charge < -0.3 is 0 Å². The number of para-hydroxylation sites is 1. The molecule has 9 aromatic carbocycles. The van der Waals surface area contributed by atoms with Crippen LogP contribution in [0, 0.1) is 13.8 Å². The summed E-state index contributed by atoms with van der Waals surface area (Å²) in [7, 11) is 2.45. The topological polar surface area (TPSA) is 77.3 Å². The van der Waals surface area contributed by atoms with Crippen LogP contribution in [0.1, 0.15) is 11.4 Å². The Morgan fingerprint density at radius 2 is 0.712 bits per heavy atom. The number of benzene rings is 9. The third-order valence-corrected chi connectivity index (χ3v) is 12.9. The van der Waals surface area contributed by atoms with Crippen LogP contribution < -0.4 is 0 Å². The van der Waals surface area contributed by atoms with Gasteiger partial charge in [0.05, 0.1) is 16.6 Å². The zero-order chi connectivity index (χ0) is 49.7. The van der Waals surface area contributed by atoms with E-state index in [9.17, 15) is 0 Å². The third kappa shape index (κ3) is 9.84. The average Bonchev–Trinajstić information content (AvgIpc) is 3.45. The molecule has 0 bridgehead atoms. The molecule has 1 unspecified atom stereocenters. The molecule has 4 heterocycles. The minimum absolute atomic E-state index is 0.638. The first-order valence-corrected chi connectivity index (χ1v) is 25.1. The van der Waals surface area contributed by atoms with Crippen molar-refractivity contribution in [2.45, 2.75) is 20.7 Å². The molecule has 0 saturated heterocycles. The van der Waals surface area contributed by atoms with Crippen molar-refractivity contribution < 1.29 is 0 Å². The van der Waals surface area contributed by atoms with Gasteiger partial charge in [-0.3, -0.25) is 15.0 Å². The first kappa shape index (κ1) is 46.6. The molecule has 0 amide bonds. The predicted octanol–water partition coefficient (Wildman–Crippen LogP) is 16.7. The maximum atomic E-state index is 4.99. The van der Waals surface area contributed by atoms with E-state index in [0.717, 1.165) is 82.7 Å². The summed E-state index contributed by atoms with van der Waals surface area (Å²) in [5, 5.41) is 8.07. The van der Waals surface area contributed by atoms with E-state index in [4.69, 9.17) is 24.9 Å². The van der Waals surface area contributed by atoms with Crippen molar-refractivity contribution in [1.29, 1.82) is 0 Å². The molecule has 0 aliphatic rings. The van der Waals surface area contributed by atoms with Crippen LogP contribution in [0.25, 0.3) is 122 Å². The van der Waals surface area contributed by atoms with Crippen LogP contribution in [0.4, 0.5) is 0 Å². The number of pyridine rings is 3. The van der Waals surface area contributed by atoms with Gasteiger partial charge in [0.15, 0.2) is 17.5 Å². The van der Waals surface area contributed by atoms with Crippen molar-refractivity contribution in [3.63, 3.8) is 0 Å². The second-order valence-electron chi connectivity index (χ2n) is 17.9. The fourth-order valence-electron chi connectivity index (χ4n) is 9.50. The third-order valence-electron chi connectivity index (χ3n) is 12.9. The van der Waals surface area contributed by atoms with E-state index in [2.05, 4.69) is 234 Å². The SMILES string of the molecule is C[B]P.Cc1cc(-c2ccccc2)c2ccc3c(-c4ccccc4)cc(C)nc3c2n1.c1ccc2cc(-c3nc(-c4ccc(-c5cccc6cccnc56)cc4)nc(-c4ccc5ccccc5c4)n3)ccc2c1. The van der Waals surface area contributed by atoms with Crippen molar-refractivity contribution >= 4 is 70.4 Å². The van der Waals surface area contributed by atoms with Crippen LogP contribution in [-0.4, -0.2) is 36.9 Å². The maximum absolute atomic E-state index is 4.99. The van der Waals surface area contributed by atoms with Gasteiger partial charge in [0.2, 0.25) is 0 Å². The minimum Gasteiger partial charge on any atom is -0.256 e. The highest BCUT2D eigenvalue weighted by atomic mass is 31.0. The molecule has 0 aliphatic carbocycles. The zero-order valence-electron chi connectivity index (χ0n) is 40.8. The van der Waals surface area contributed by atoms with Gasteiger partial charge in [0.25, 0.3) is 0 Å². The minimum atomic E-state index is 0.638. The summed E-state index contributed by atoms with van der Waals surface area (Å²) < 4.78 is 0. The lowest BCUT2D eigenvalue weighted by Crippen LogP contribution is -2.00. The number of aryl methyl sites for hydroxylation is 2. The van der Waals surface area contributed by atoms with E-state index in [0.29, 0.717) is 17.5 Å². The summed E-state index contributed by atoms with van der Waals surface area (Å²) in [6.07, 6.45) is 1.84. The standard InChI is InChI=1S/C38H24N4.C26H20N2.CH5BP/c1-3-9-30-23-32(20-14-25(30)7-1)37-40-36(41-38(42-37)33-21-15-26-8-2-4-10-31(26)24-33)29-18-16-27(17-19-29)34-13-5-11-28-12-6-22-39-35(28)34;1-17-15-23(19-9-5-3-6-10-19)21-13-14-22-24(20-11-7-4-8-12-20)16-18(2)28-26(22)25(21)27-17;1-2-3/h1-24H;3-16H,1-2H3;3H2,1H3. The van der Waals surface area contributed by atoms with E-state index >= 15 is 0 Å². The Kier molecular flexibility index (Phi) is 13.3. The molecule has 347 valence electrons. The zero-order valence-corrected chi connectivity index (χ0v) is 41.9. The van der Waals surface area contributed by atoms with Gasteiger partial charge in [-0.25, -0.2) is 15.0 Å². The molecule has 4 aromatic heterocycles. The molecule has 0 saturated carbocycles. The monoisotopic (exact) mass is 955 g/mol. The molecule has 73 heavy (non-hydrogen) atoms. The second-order valence-corrected chi connectivity index (χ2v) is 18.6. The number of fused-ring (bicyclic) bond motifs is 6. The van der Waals surface area contributed by atoms with Gasteiger partial charge in [-0.2, -0.15) is 9.12 Å². The highest BCUT2D eigenvalue weighted by molar-refractivity contribution is 7.55. The summed E-state index contributed by atoms with van der Waals surface area (Å²) in [6, 6.07) is 77.9. The Bertz CT molecular complexity index is 3910. The van der Waals surface area contributed by atoms with Crippen LogP contribution in [0.5, 0.6) is 0 Å². The Morgan fingerprint density at radius 3 is 1.22 bits per heavy atom. The van der Waals surface area contributed by atoms with Crippen LogP contribution in [0.3, 0.4) is 0 Å². The van der Waals surface area contributed by atoms with Gasteiger partial charge in [-0.05, 0) is 93.5 Å². The normalized spacial score (nSPS) is 11.0. The molecule has 0 spiro atoms. The lowest BCUT2D eigenvalue weighted by atomic mass is 9.95. The predicted molar refractivity (Wildman–Crippen MR) is 311 cm³/mol. The van der Waals surface area contributed by atoms with Crippen molar-refractivity contribution in [2.24, 2.45) is 0 Å². The summed E-state index contributed by atoms with van der Waals surface area (Å²) in [5.74, 6) is 1.94. The van der Waals surface area contributed by atoms with E-state index in [1.807, 2.05) is 38.2 Å². The molecule has 1 atom stereocenters. The first-order chi connectivity index (χ1) is 35.9. The smallest absolute Gasteiger partial charge is 0.164 e. The summed E-state index contributed by atoms with van der Waals surface area (Å²) in [5.41, 5.74) is 14.8. The quantitative estimate of drug-likeness (QED) is 0.0939. The fourth-order valence-corrected chi connectivity index (χ4v) is 9.50. The molecule has 0 fully saturated rings. The fraction of sp³-hybridized carbons (Fsp3) is 0.0462. The van der Waals surface area contributed by atoms with Crippen molar-refractivity contribution in [1.82, 2.24) is 29.9 Å². The van der Waals surface area contributed by atoms with E-state index < -0.39 is 0 Å². The lowest BCUT2D eigenvalue weighted by molar-refractivity contribution is 1.08. The Hall–Kier alpha value is -8.77. The average molecular weight is 956 g/mol. The molecule has 0 aliphatic heterocycles. The van der Waals surface area contributed by atoms with Crippen LogP contribution in [-0.2, 0) is 0 Å². The van der Waals surface area contributed by atoms with Gasteiger partial charge in [0.1, 0.15) is 7.00 Å². The number of hydrogen-bond acceptors (Lipinski definition) is 6. The Labute approximate surface area is 428 Å². The van der Waals surface area contributed by atoms with Crippen molar-refractivity contribution in [3.05, 3.63) is 242 Å². The summed E-state index contributed by atoms with van der Waals surface area (Å²) in [6.45, 7) is 7.99. The van der Waals surface area contributed by atoms with Gasteiger partial charge >= 0.3 is 0 Å². The van der Waals surface area contributed by atoms with Gasteiger partial charge in [-0.15, -0.1) is 0 Å². The number of hydrogen-bond donors (Lipinski definition) is 0. The number of nitrogens with zero attached hydrogens (tertiary/aromatic N) is 6. The number of aromatic nitrogens is 6. The maximum Gasteiger partial charge on any atom is 0.164 e. The summed E-state index contributed by atoms with van der Waals surface area (Å²) in [4.78, 5) is 29.4. The van der Waals surface area contributed by atoms with Crippen LogP contribution in [0.2, 0.25) is 6.82 Å². The highest BCUT2D eigenvalue weighted by Gasteiger charge is 2.16. The van der Waals surface area contributed by atoms with E-state index in [1.165, 1.54) is 33.0 Å². The molecule has 0 N–H and O–H groups in total. The lowest BCUT2D eigenvalue weighted by Gasteiger charge is -2.13. The van der Waals surface area contributed by atoms with Crippen molar-refractivity contribution in [3.8, 4) is 67.5 Å². The second kappa shape index (κ2) is 20.9. The highest BCUT2D eigenvalue weighted by Crippen LogP contribution is 2.37. The van der Waals surface area contributed by atoms with Crippen LogP contribution >= 0.6 is 9.12 Å². The summed E-state index contributed by atoms with van der Waals surface area (Å²) >= 11 is 0. The van der Waals surface area contributed by atoms with E-state index in [-0.39, 0.29) is 0 Å². The van der Waals surface area contributed by atoms with E-state index in [1.54, 1.807) is 0 Å². The van der Waals surface area contributed by atoms with Gasteiger partial charge in [0, 0.05) is 56.0 Å². The van der Waals surface area contributed by atoms with Crippen molar-refractivity contribution in [2.75, 3.05) is 0 Å². The molecule has 8 heteroatoms. The molecular formula is C65H49BN6P. The Morgan fingerprint density at radius 1 is 0.315 bits per heavy atom. The molecule has 13 rings (SSSR count).